The van der Waals surface area contributed by atoms with Crippen LogP contribution in [-0.4, -0.2) is 12.2 Å². The molecule has 0 saturated heterocycles. The van der Waals surface area contributed by atoms with Gasteiger partial charge in [-0.3, -0.25) is 0 Å². The molecule has 0 fully saturated rings. The van der Waals surface area contributed by atoms with Crippen molar-refractivity contribution in [2.75, 3.05) is 0 Å². The largest absolute Gasteiger partial charge is 0.365 e. The fourth-order valence-electron chi connectivity index (χ4n) is 0.795. The van der Waals surface area contributed by atoms with Gasteiger partial charge in [-0.2, -0.15) is 0 Å². The number of rotatable bonds is 2. The SMILES string of the molecule is NC(N)=N/[NH+]=C\c1ccc(Br)cc1F. The molecular weight excluding hydrogens is 251 g/mol. The van der Waals surface area contributed by atoms with Crippen LogP contribution in [-0.2, 0) is 0 Å². The van der Waals surface area contributed by atoms with Crippen molar-refractivity contribution in [3.63, 3.8) is 0 Å². The van der Waals surface area contributed by atoms with Crippen molar-refractivity contribution in [3.8, 4) is 0 Å². The highest BCUT2D eigenvalue weighted by molar-refractivity contribution is 9.10. The Hall–Kier alpha value is -1.43. The highest BCUT2D eigenvalue weighted by Gasteiger charge is 2.01. The number of halogens is 2. The van der Waals surface area contributed by atoms with Gasteiger partial charge >= 0.3 is 0 Å². The minimum atomic E-state index is -0.363. The van der Waals surface area contributed by atoms with Crippen molar-refractivity contribution in [2.45, 2.75) is 0 Å². The number of guanidine groups is 1. The lowest BCUT2D eigenvalue weighted by Gasteiger charge is -1.92. The van der Waals surface area contributed by atoms with Crippen LogP contribution in [0.15, 0.2) is 27.8 Å². The van der Waals surface area contributed by atoms with Crippen LogP contribution < -0.4 is 16.6 Å². The molecule has 4 nitrogen and oxygen atoms in total. The summed E-state index contributed by atoms with van der Waals surface area (Å²) in [6.45, 7) is 0. The van der Waals surface area contributed by atoms with Gasteiger partial charge in [0.15, 0.2) is 0 Å². The van der Waals surface area contributed by atoms with Gasteiger partial charge in [0.1, 0.15) is 5.82 Å². The maximum Gasteiger partial charge on any atom is 0.256 e. The Balaban J connectivity index is 2.87. The molecule has 0 amide bonds. The smallest absolute Gasteiger partial charge is 0.256 e. The van der Waals surface area contributed by atoms with Crippen molar-refractivity contribution in [1.82, 2.24) is 0 Å². The Morgan fingerprint density at radius 2 is 2.21 bits per heavy atom. The van der Waals surface area contributed by atoms with Gasteiger partial charge in [0.05, 0.1) is 5.56 Å². The Labute approximate surface area is 88.6 Å². The van der Waals surface area contributed by atoms with E-state index in [1.165, 1.54) is 12.3 Å². The van der Waals surface area contributed by atoms with Crippen LogP contribution in [0.25, 0.3) is 0 Å². The summed E-state index contributed by atoms with van der Waals surface area (Å²) in [5, 5.41) is 5.89. The first-order valence-corrected chi connectivity index (χ1v) is 4.51. The number of benzene rings is 1. The van der Waals surface area contributed by atoms with E-state index in [4.69, 9.17) is 11.5 Å². The molecule has 0 bridgehead atoms. The third kappa shape index (κ3) is 3.14. The molecule has 0 aliphatic rings. The van der Waals surface area contributed by atoms with Crippen molar-refractivity contribution >= 4 is 28.1 Å². The molecule has 0 aliphatic heterocycles. The second kappa shape index (κ2) is 4.71. The summed E-state index contributed by atoms with van der Waals surface area (Å²) in [6.07, 6.45) is 1.36. The van der Waals surface area contributed by atoms with Crippen LogP contribution in [0.2, 0.25) is 0 Å². The van der Waals surface area contributed by atoms with E-state index >= 15 is 0 Å². The van der Waals surface area contributed by atoms with Crippen molar-refractivity contribution in [1.29, 1.82) is 0 Å². The van der Waals surface area contributed by atoms with E-state index in [-0.39, 0.29) is 11.8 Å². The molecule has 0 unspecified atom stereocenters. The van der Waals surface area contributed by atoms with Gasteiger partial charge < -0.3 is 11.5 Å². The molecule has 6 heteroatoms. The average molecular weight is 260 g/mol. The fourth-order valence-corrected chi connectivity index (χ4v) is 1.13. The summed E-state index contributed by atoms with van der Waals surface area (Å²) in [7, 11) is 0. The molecule has 0 atom stereocenters. The van der Waals surface area contributed by atoms with Gasteiger partial charge in [-0.1, -0.05) is 15.9 Å². The van der Waals surface area contributed by atoms with Gasteiger partial charge in [0.25, 0.3) is 5.96 Å². The quantitative estimate of drug-likeness (QED) is 0.372. The van der Waals surface area contributed by atoms with Crippen molar-refractivity contribution in [3.05, 3.63) is 34.1 Å². The molecule has 5 N–H and O–H groups in total. The van der Waals surface area contributed by atoms with Crippen LogP contribution in [0.4, 0.5) is 4.39 Å². The summed E-state index contributed by atoms with van der Waals surface area (Å²) in [5.74, 6) is -0.476. The summed E-state index contributed by atoms with van der Waals surface area (Å²) in [6, 6.07) is 4.66. The van der Waals surface area contributed by atoms with E-state index < -0.39 is 0 Å². The maximum absolute atomic E-state index is 13.2. The molecule has 1 aromatic rings. The monoisotopic (exact) mass is 259 g/mol. The molecule has 0 aliphatic carbocycles. The van der Waals surface area contributed by atoms with Gasteiger partial charge in [-0.25, -0.2) is 4.39 Å². The molecule has 0 spiro atoms. The zero-order valence-electron chi connectivity index (χ0n) is 7.17. The summed E-state index contributed by atoms with van der Waals surface area (Å²) < 4.78 is 13.8. The van der Waals surface area contributed by atoms with Crippen LogP contribution in [0.1, 0.15) is 5.56 Å². The summed E-state index contributed by atoms with van der Waals surface area (Å²) in [5.41, 5.74) is 10.5. The Kier molecular flexibility index (Phi) is 3.58. The Morgan fingerprint density at radius 1 is 1.50 bits per heavy atom. The first-order chi connectivity index (χ1) is 6.59. The van der Waals surface area contributed by atoms with Gasteiger partial charge in [-0.05, 0) is 18.2 Å². The van der Waals surface area contributed by atoms with Crippen LogP contribution >= 0.6 is 15.9 Å². The standard InChI is InChI=1S/C8H8BrFN4/c9-6-2-1-5(7(10)3-6)4-13-14-8(11)12/h1-4H,(H4,11,12,14)/p+1/b13-4-. The van der Waals surface area contributed by atoms with Crippen LogP contribution in [0.5, 0.6) is 0 Å². The highest BCUT2D eigenvalue weighted by Crippen LogP contribution is 2.12. The second-order valence-electron chi connectivity index (χ2n) is 2.48. The molecule has 1 rings (SSSR count). The van der Waals surface area contributed by atoms with Crippen LogP contribution in [0.3, 0.4) is 0 Å². The molecular formula is C8H9BrFN4+. The minimum Gasteiger partial charge on any atom is -0.365 e. The van der Waals surface area contributed by atoms with E-state index in [1.54, 1.807) is 12.1 Å². The second-order valence-corrected chi connectivity index (χ2v) is 3.39. The Bertz CT molecular complexity index is 385. The average Bonchev–Trinajstić information content (AvgIpc) is 2.08. The maximum atomic E-state index is 13.2. The predicted octanol–water partition coefficient (Wildman–Crippen LogP) is -0.724. The molecule has 0 radical (unpaired) electrons. The minimum absolute atomic E-state index is 0.112. The number of hydrogen-bond donors (Lipinski definition) is 3. The molecule has 0 aromatic heterocycles. The Morgan fingerprint density at radius 3 is 2.79 bits per heavy atom. The highest BCUT2D eigenvalue weighted by atomic mass is 79.9. The van der Waals surface area contributed by atoms with Gasteiger partial charge in [0, 0.05) is 9.57 Å². The van der Waals surface area contributed by atoms with E-state index in [1.807, 2.05) is 0 Å². The van der Waals surface area contributed by atoms with Crippen LogP contribution in [0, 0.1) is 5.82 Å². The lowest BCUT2D eigenvalue weighted by Crippen LogP contribution is -2.63. The molecule has 0 saturated carbocycles. The molecule has 1 aromatic carbocycles. The van der Waals surface area contributed by atoms with E-state index in [9.17, 15) is 4.39 Å². The lowest BCUT2D eigenvalue weighted by atomic mass is 10.2. The number of hydrazone groups is 1. The molecule has 14 heavy (non-hydrogen) atoms. The lowest BCUT2D eigenvalue weighted by molar-refractivity contribution is -0.456. The number of nitrogens with two attached hydrogens (primary N) is 2. The third-order valence-corrected chi connectivity index (χ3v) is 1.87. The summed E-state index contributed by atoms with van der Waals surface area (Å²) in [4.78, 5) is 0. The number of nitrogens with zero attached hydrogens (tertiary/aromatic N) is 1. The topological polar surface area (TPSA) is 78.4 Å². The third-order valence-electron chi connectivity index (χ3n) is 1.38. The van der Waals surface area contributed by atoms with Crippen molar-refractivity contribution < 1.29 is 9.49 Å². The first-order valence-electron chi connectivity index (χ1n) is 3.72. The van der Waals surface area contributed by atoms with Crippen molar-refractivity contribution in [2.24, 2.45) is 16.6 Å². The number of hydrogen-bond acceptors (Lipinski definition) is 1. The molecule has 0 heterocycles. The normalized spacial score (nSPS) is 10.4. The van der Waals surface area contributed by atoms with E-state index in [2.05, 4.69) is 26.1 Å². The summed E-state index contributed by atoms with van der Waals surface area (Å²) >= 11 is 3.15. The van der Waals surface area contributed by atoms with E-state index in [0.717, 1.165) is 0 Å². The van der Waals surface area contributed by atoms with Gasteiger partial charge in [-0.15, -0.1) is 5.10 Å². The molecule has 74 valence electrons. The first kappa shape index (κ1) is 10.6. The van der Waals surface area contributed by atoms with E-state index in [0.29, 0.717) is 10.0 Å². The van der Waals surface area contributed by atoms with Gasteiger partial charge in [0.2, 0.25) is 6.21 Å². The number of nitrogens with one attached hydrogen (secondary N) is 1. The zero-order valence-corrected chi connectivity index (χ0v) is 8.75. The zero-order chi connectivity index (χ0) is 10.6. The fraction of sp³-hybridized carbons (Fsp3) is 0. The predicted molar refractivity (Wildman–Crippen MR) is 56.0 cm³/mol.